The second kappa shape index (κ2) is 12.1. The zero-order valence-corrected chi connectivity index (χ0v) is 22.9. The number of hydrogen-bond donors (Lipinski definition) is 2. The highest BCUT2D eigenvalue weighted by molar-refractivity contribution is 6.06. The third-order valence-electron chi connectivity index (χ3n) is 7.13. The van der Waals surface area contributed by atoms with Gasteiger partial charge in [-0.25, -0.2) is 4.79 Å². The summed E-state index contributed by atoms with van der Waals surface area (Å²) in [4.78, 5) is 52.0. The van der Waals surface area contributed by atoms with Crippen LogP contribution < -0.4 is 20.1 Å². The van der Waals surface area contributed by atoms with Crippen molar-refractivity contribution in [3.05, 3.63) is 114 Å². The fourth-order valence-electron chi connectivity index (χ4n) is 5.03. The summed E-state index contributed by atoms with van der Waals surface area (Å²) in [6, 6.07) is 27.9. The van der Waals surface area contributed by atoms with Crippen molar-refractivity contribution in [2.45, 2.75) is 32.0 Å². The topological polar surface area (TPSA) is 123 Å². The van der Waals surface area contributed by atoms with Gasteiger partial charge in [0.2, 0.25) is 11.8 Å². The Labute approximate surface area is 247 Å². The first-order chi connectivity index (χ1) is 20.9. The molecule has 2 aliphatic rings. The Morgan fingerprint density at radius 1 is 0.814 bits per heavy atom. The largest absolute Gasteiger partial charge is 0.457 e. The van der Waals surface area contributed by atoms with Crippen LogP contribution in [0.5, 0.6) is 23.0 Å². The maximum Gasteiger partial charge on any atom is 0.411 e. The van der Waals surface area contributed by atoms with Crippen LogP contribution >= 0.6 is 0 Å². The highest BCUT2D eigenvalue weighted by Crippen LogP contribution is 2.39. The third kappa shape index (κ3) is 6.18. The van der Waals surface area contributed by atoms with Crippen LogP contribution in [-0.4, -0.2) is 34.8 Å². The molecule has 1 fully saturated rings. The van der Waals surface area contributed by atoms with Crippen LogP contribution in [0.2, 0.25) is 0 Å². The van der Waals surface area contributed by atoms with E-state index >= 15 is 0 Å². The molecule has 1 atom stereocenters. The Morgan fingerprint density at radius 3 is 2.14 bits per heavy atom. The maximum absolute atomic E-state index is 13.7. The van der Waals surface area contributed by atoms with E-state index in [9.17, 15) is 19.2 Å². The number of rotatable bonds is 8. The number of nitrogens with one attached hydrogen (secondary N) is 2. The number of fused-ring (bicyclic) bond motifs is 1. The van der Waals surface area contributed by atoms with Crippen LogP contribution in [0.1, 0.15) is 34.3 Å². The molecule has 4 amide bonds. The number of piperidine rings is 1. The lowest BCUT2D eigenvalue weighted by Gasteiger charge is -2.29. The average Bonchev–Trinajstić information content (AvgIpc) is 3.35. The molecule has 2 aliphatic heterocycles. The van der Waals surface area contributed by atoms with E-state index < -0.39 is 18.0 Å². The van der Waals surface area contributed by atoms with Gasteiger partial charge in [-0.1, -0.05) is 48.5 Å². The van der Waals surface area contributed by atoms with Gasteiger partial charge in [0.05, 0.1) is 5.56 Å². The van der Waals surface area contributed by atoms with Gasteiger partial charge < -0.3 is 19.1 Å². The molecule has 4 aromatic rings. The van der Waals surface area contributed by atoms with Crippen molar-refractivity contribution >= 4 is 29.5 Å². The van der Waals surface area contributed by atoms with Crippen LogP contribution in [0.4, 0.5) is 10.5 Å². The molecule has 6 rings (SSSR count). The van der Waals surface area contributed by atoms with E-state index in [1.165, 1.54) is 4.90 Å². The highest BCUT2D eigenvalue weighted by atomic mass is 16.5. The summed E-state index contributed by atoms with van der Waals surface area (Å²) in [5.74, 6) is 0.812. The summed E-state index contributed by atoms with van der Waals surface area (Å²) in [5, 5.41) is 5.00. The molecule has 0 bridgehead atoms. The number of carbonyl (C=O) groups is 4. The molecule has 0 aromatic heterocycles. The van der Waals surface area contributed by atoms with Gasteiger partial charge in [0.1, 0.15) is 35.6 Å². The molecule has 0 saturated carbocycles. The zero-order valence-electron chi connectivity index (χ0n) is 22.9. The predicted molar refractivity (Wildman–Crippen MR) is 156 cm³/mol. The Kier molecular flexibility index (Phi) is 7.73. The van der Waals surface area contributed by atoms with E-state index in [0.29, 0.717) is 39.6 Å². The van der Waals surface area contributed by atoms with Gasteiger partial charge in [0.25, 0.3) is 5.91 Å². The SMILES string of the molecule is O=C1CCC(N2Cc3ccc(COC(=O)Nc4ccc(Oc5ccccc5)cc4)c(Oc4ccccc4)c3C2=O)C(=O)N1. The molecule has 10 nitrogen and oxygen atoms in total. The van der Waals surface area contributed by atoms with Gasteiger partial charge in [-0.05, 0) is 60.5 Å². The Balaban J connectivity index is 1.17. The fourth-order valence-corrected chi connectivity index (χ4v) is 5.03. The lowest BCUT2D eigenvalue weighted by molar-refractivity contribution is -0.136. The predicted octanol–water partition coefficient (Wildman–Crippen LogP) is 5.78. The molecule has 0 spiro atoms. The summed E-state index contributed by atoms with van der Waals surface area (Å²) in [6.45, 7) is 0.0133. The van der Waals surface area contributed by atoms with E-state index in [4.69, 9.17) is 14.2 Å². The standard InChI is InChI=1S/C33H27N3O7/c37-28-18-17-27(31(38)35-28)36-19-21-11-12-22(30(29(21)32(36)39)43-25-9-5-2-6-10-25)20-41-33(40)34-23-13-15-26(16-14-23)42-24-7-3-1-4-8-24/h1-16,27H,17-20H2,(H,34,40)(H,35,37,38). The quantitative estimate of drug-likeness (QED) is 0.255. The van der Waals surface area contributed by atoms with E-state index in [1.807, 2.05) is 36.4 Å². The van der Waals surface area contributed by atoms with Gasteiger partial charge in [0.15, 0.2) is 0 Å². The normalized spacial score (nSPS) is 15.9. The number of hydrogen-bond acceptors (Lipinski definition) is 7. The van der Waals surface area contributed by atoms with Crippen molar-refractivity contribution in [3.63, 3.8) is 0 Å². The van der Waals surface area contributed by atoms with Gasteiger partial charge in [-0.2, -0.15) is 0 Å². The van der Waals surface area contributed by atoms with Crippen molar-refractivity contribution in [3.8, 4) is 23.0 Å². The Morgan fingerprint density at radius 2 is 1.47 bits per heavy atom. The Hall–Kier alpha value is -5.64. The van der Waals surface area contributed by atoms with Gasteiger partial charge in [0, 0.05) is 24.2 Å². The summed E-state index contributed by atoms with van der Waals surface area (Å²) in [7, 11) is 0. The summed E-state index contributed by atoms with van der Waals surface area (Å²) in [6.07, 6.45) is -0.297. The summed E-state index contributed by atoms with van der Waals surface area (Å²) in [5.41, 5.74) is 1.95. The van der Waals surface area contributed by atoms with Crippen molar-refractivity contribution in [1.82, 2.24) is 10.2 Å². The molecule has 1 unspecified atom stereocenters. The number of amides is 4. The molecular weight excluding hydrogens is 550 g/mol. The minimum Gasteiger partial charge on any atom is -0.457 e. The van der Waals surface area contributed by atoms with Crippen molar-refractivity contribution in [1.29, 1.82) is 0 Å². The number of para-hydroxylation sites is 2. The van der Waals surface area contributed by atoms with Gasteiger partial charge >= 0.3 is 6.09 Å². The summed E-state index contributed by atoms with van der Waals surface area (Å²) >= 11 is 0. The van der Waals surface area contributed by atoms with Crippen molar-refractivity contribution < 1.29 is 33.4 Å². The number of benzene rings is 4. The van der Waals surface area contributed by atoms with E-state index in [0.717, 1.165) is 0 Å². The molecule has 2 N–H and O–H groups in total. The minimum atomic E-state index is -0.767. The molecule has 216 valence electrons. The lowest BCUT2D eigenvalue weighted by Crippen LogP contribution is -2.52. The fraction of sp³-hybridized carbons (Fsp3) is 0.152. The second-order valence-electron chi connectivity index (χ2n) is 10.0. The number of nitrogens with zero attached hydrogens (tertiary/aromatic N) is 1. The molecule has 10 heteroatoms. The number of anilines is 1. The third-order valence-corrected chi connectivity index (χ3v) is 7.13. The molecule has 0 radical (unpaired) electrons. The first-order valence-electron chi connectivity index (χ1n) is 13.7. The smallest absolute Gasteiger partial charge is 0.411 e. The van der Waals surface area contributed by atoms with Gasteiger partial charge in [-0.3, -0.25) is 25.0 Å². The van der Waals surface area contributed by atoms with Crippen LogP contribution in [0.25, 0.3) is 0 Å². The zero-order chi connectivity index (χ0) is 29.8. The second-order valence-corrected chi connectivity index (χ2v) is 10.0. The van der Waals surface area contributed by atoms with Crippen LogP contribution in [0.15, 0.2) is 97.1 Å². The van der Waals surface area contributed by atoms with Gasteiger partial charge in [-0.15, -0.1) is 0 Å². The van der Waals surface area contributed by atoms with Crippen LogP contribution in [-0.2, 0) is 27.5 Å². The molecule has 43 heavy (non-hydrogen) atoms. The molecule has 4 aromatic carbocycles. The molecule has 1 saturated heterocycles. The Bertz CT molecular complexity index is 1670. The van der Waals surface area contributed by atoms with E-state index in [-0.39, 0.29) is 43.6 Å². The molecule has 2 heterocycles. The minimum absolute atomic E-state index is 0.154. The molecule has 0 aliphatic carbocycles. The van der Waals surface area contributed by atoms with E-state index in [1.54, 1.807) is 60.7 Å². The first-order valence-corrected chi connectivity index (χ1v) is 13.7. The monoisotopic (exact) mass is 577 g/mol. The number of carbonyl (C=O) groups excluding carboxylic acids is 4. The number of ether oxygens (including phenoxy) is 3. The highest BCUT2D eigenvalue weighted by Gasteiger charge is 2.41. The number of imide groups is 1. The van der Waals surface area contributed by atoms with Crippen molar-refractivity contribution in [2.75, 3.05) is 5.32 Å². The maximum atomic E-state index is 13.7. The van der Waals surface area contributed by atoms with E-state index in [2.05, 4.69) is 10.6 Å². The lowest BCUT2D eigenvalue weighted by atomic mass is 10.0. The van der Waals surface area contributed by atoms with Crippen molar-refractivity contribution in [2.24, 2.45) is 0 Å². The molecular formula is C33H27N3O7. The van der Waals surface area contributed by atoms with Crippen LogP contribution in [0.3, 0.4) is 0 Å². The average molecular weight is 578 g/mol. The first kappa shape index (κ1) is 27.5. The van der Waals surface area contributed by atoms with Crippen LogP contribution in [0, 0.1) is 0 Å². The summed E-state index contributed by atoms with van der Waals surface area (Å²) < 4.78 is 17.5.